The van der Waals surface area contributed by atoms with Crippen LogP contribution in [0.15, 0.2) is 48.5 Å². The van der Waals surface area contributed by atoms with Crippen LogP contribution in [0.2, 0.25) is 0 Å². The summed E-state index contributed by atoms with van der Waals surface area (Å²) in [4.78, 5) is 16.6. The Morgan fingerprint density at radius 3 is 2.54 bits per heavy atom. The number of carbonyl (C=O) groups is 1. The van der Waals surface area contributed by atoms with Gasteiger partial charge in [0.25, 0.3) is 5.91 Å². The van der Waals surface area contributed by atoms with Crippen LogP contribution in [0.4, 0.5) is 0 Å². The Labute approximate surface area is 142 Å². The summed E-state index contributed by atoms with van der Waals surface area (Å²) in [6, 6.07) is 17.3. The third-order valence-corrected chi connectivity index (χ3v) is 4.47. The summed E-state index contributed by atoms with van der Waals surface area (Å²) in [6.45, 7) is 2.76. The molecule has 2 unspecified atom stereocenters. The molecule has 0 saturated heterocycles. The normalized spacial score (nSPS) is 17.7. The second kappa shape index (κ2) is 6.46. The molecule has 122 valence electrons. The van der Waals surface area contributed by atoms with E-state index in [0.717, 1.165) is 23.2 Å². The highest BCUT2D eigenvalue weighted by Gasteiger charge is 2.40. The van der Waals surface area contributed by atoms with Crippen molar-refractivity contribution in [2.75, 3.05) is 14.1 Å². The first-order valence-corrected chi connectivity index (χ1v) is 8.07. The van der Waals surface area contributed by atoms with Crippen molar-refractivity contribution in [3.05, 3.63) is 70.8 Å². The van der Waals surface area contributed by atoms with Gasteiger partial charge in [0.1, 0.15) is 6.04 Å². The predicted molar refractivity (Wildman–Crippen MR) is 93.2 cm³/mol. The standard InChI is InChI=1S/C20H21N3O/c1-14(16-7-5-4-6-8-16)23-19(12-21)18-11-15(13-22(2)3)9-10-17(18)20(23)24/h4-11,14,19H,13H2,1-3H3. The maximum atomic E-state index is 12.9. The van der Waals surface area contributed by atoms with E-state index in [1.165, 1.54) is 0 Å². The number of benzene rings is 2. The maximum absolute atomic E-state index is 12.9. The van der Waals surface area contributed by atoms with E-state index in [9.17, 15) is 10.1 Å². The van der Waals surface area contributed by atoms with Gasteiger partial charge in [-0.3, -0.25) is 4.79 Å². The molecule has 2 aromatic carbocycles. The van der Waals surface area contributed by atoms with Crippen LogP contribution < -0.4 is 0 Å². The molecule has 0 bridgehead atoms. The minimum Gasteiger partial charge on any atom is -0.312 e. The summed E-state index contributed by atoms with van der Waals surface area (Å²) in [5, 5.41) is 9.72. The van der Waals surface area contributed by atoms with Gasteiger partial charge in [-0.05, 0) is 38.2 Å². The quantitative estimate of drug-likeness (QED) is 0.866. The summed E-state index contributed by atoms with van der Waals surface area (Å²) < 4.78 is 0. The zero-order chi connectivity index (χ0) is 17.3. The molecule has 0 aliphatic carbocycles. The molecule has 4 nitrogen and oxygen atoms in total. The minimum atomic E-state index is -0.537. The first-order valence-electron chi connectivity index (χ1n) is 8.07. The number of hydrogen-bond donors (Lipinski definition) is 0. The van der Waals surface area contributed by atoms with Crippen molar-refractivity contribution in [3.63, 3.8) is 0 Å². The fraction of sp³-hybridized carbons (Fsp3) is 0.300. The van der Waals surface area contributed by atoms with E-state index in [4.69, 9.17) is 0 Å². The van der Waals surface area contributed by atoms with E-state index in [1.807, 2.05) is 69.6 Å². The molecule has 0 saturated carbocycles. The average molecular weight is 319 g/mol. The van der Waals surface area contributed by atoms with E-state index < -0.39 is 6.04 Å². The van der Waals surface area contributed by atoms with Gasteiger partial charge in [-0.15, -0.1) is 0 Å². The Morgan fingerprint density at radius 2 is 1.92 bits per heavy atom. The van der Waals surface area contributed by atoms with E-state index >= 15 is 0 Å². The molecule has 1 heterocycles. The molecule has 24 heavy (non-hydrogen) atoms. The lowest BCUT2D eigenvalue weighted by Gasteiger charge is -2.28. The molecule has 2 aromatic rings. The molecule has 0 N–H and O–H groups in total. The monoisotopic (exact) mass is 319 g/mol. The predicted octanol–water partition coefficient (Wildman–Crippen LogP) is 3.53. The van der Waals surface area contributed by atoms with Crippen LogP contribution >= 0.6 is 0 Å². The zero-order valence-electron chi connectivity index (χ0n) is 14.2. The van der Waals surface area contributed by atoms with Gasteiger partial charge >= 0.3 is 0 Å². The van der Waals surface area contributed by atoms with E-state index in [-0.39, 0.29) is 11.9 Å². The molecule has 1 aliphatic rings. The first-order chi connectivity index (χ1) is 11.5. The Balaban J connectivity index is 1.99. The lowest BCUT2D eigenvalue weighted by molar-refractivity contribution is 0.0687. The largest absolute Gasteiger partial charge is 0.312 e. The van der Waals surface area contributed by atoms with E-state index in [2.05, 4.69) is 11.0 Å². The molecule has 0 fully saturated rings. The van der Waals surface area contributed by atoms with Crippen LogP contribution in [0.3, 0.4) is 0 Å². The first kappa shape index (κ1) is 16.2. The van der Waals surface area contributed by atoms with Crippen molar-refractivity contribution in [2.24, 2.45) is 0 Å². The number of amides is 1. The molecular weight excluding hydrogens is 298 g/mol. The van der Waals surface area contributed by atoms with Crippen molar-refractivity contribution < 1.29 is 4.79 Å². The maximum Gasteiger partial charge on any atom is 0.256 e. The highest BCUT2D eigenvalue weighted by atomic mass is 16.2. The smallest absolute Gasteiger partial charge is 0.256 e. The van der Waals surface area contributed by atoms with Crippen molar-refractivity contribution in [1.29, 1.82) is 5.26 Å². The van der Waals surface area contributed by atoms with Gasteiger partial charge in [0.05, 0.1) is 12.1 Å². The Kier molecular flexibility index (Phi) is 4.37. The van der Waals surface area contributed by atoms with Crippen LogP contribution in [0.1, 0.15) is 46.1 Å². The van der Waals surface area contributed by atoms with Crippen molar-refractivity contribution >= 4 is 5.91 Å². The van der Waals surface area contributed by atoms with E-state index in [1.54, 1.807) is 4.90 Å². The van der Waals surface area contributed by atoms with Crippen LogP contribution in [0, 0.1) is 11.3 Å². The summed E-state index contributed by atoms with van der Waals surface area (Å²) in [5.41, 5.74) is 3.62. The Bertz CT molecular complexity index is 792. The van der Waals surface area contributed by atoms with Gasteiger partial charge in [0, 0.05) is 17.7 Å². The lowest BCUT2D eigenvalue weighted by Crippen LogP contribution is -2.30. The number of nitriles is 1. The third-order valence-electron chi connectivity index (χ3n) is 4.47. The van der Waals surface area contributed by atoms with Crippen molar-refractivity contribution in [3.8, 4) is 6.07 Å². The second-order valence-electron chi connectivity index (χ2n) is 6.49. The Morgan fingerprint density at radius 1 is 1.21 bits per heavy atom. The summed E-state index contributed by atoms with van der Waals surface area (Å²) in [6.07, 6.45) is 0. The number of nitrogens with zero attached hydrogens (tertiary/aromatic N) is 3. The molecule has 0 aromatic heterocycles. The second-order valence-corrected chi connectivity index (χ2v) is 6.49. The van der Waals surface area contributed by atoms with Gasteiger partial charge in [0.15, 0.2) is 0 Å². The van der Waals surface area contributed by atoms with Gasteiger partial charge in [-0.25, -0.2) is 0 Å². The third kappa shape index (κ3) is 2.79. The van der Waals surface area contributed by atoms with Crippen LogP contribution in [-0.2, 0) is 6.54 Å². The Hall–Kier alpha value is -2.64. The van der Waals surface area contributed by atoms with Gasteiger partial charge in [-0.1, -0.05) is 42.5 Å². The highest BCUT2D eigenvalue weighted by Crippen LogP contribution is 2.39. The fourth-order valence-electron chi connectivity index (χ4n) is 3.33. The van der Waals surface area contributed by atoms with Crippen molar-refractivity contribution in [2.45, 2.75) is 25.6 Å². The molecular formula is C20H21N3O. The highest BCUT2D eigenvalue weighted by molar-refractivity contribution is 6.00. The summed E-state index contributed by atoms with van der Waals surface area (Å²) >= 11 is 0. The zero-order valence-corrected chi connectivity index (χ0v) is 14.2. The van der Waals surface area contributed by atoms with Crippen LogP contribution in [0.25, 0.3) is 0 Å². The summed E-state index contributed by atoms with van der Waals surface area (Å²) in [7, 11) is 4.01. The van der Waals surface area contributed by atoms with Gasteiger partial charge in [-0.2, -0.15) is 5.26 Å². The minimum absolute atomic E-state index is 0.0655. The number of rotatable bonds is 4. The number of fused-ring (bicyclic) bond motifs is 1. The summed E-state index contributed by atoms with van der Waals surface area (Å²) in [5.74, 6) is -0.0655. The molecule has 0 radical (unpaired) electrons. The molecule has 2 atom stereocenters. The number of carbonyl (C=O) groups excluding carboxylic acids is 1. The molecule has 4 heteroatoms. The van der Waals surface area contributed by atoms with Crippen molar-refractivity contribution in [1.82, 2.24) is 9.80 Å². The molecule has 1 aliphatic heterocycles. The van der Waals surface area contributed by atoms with Crippen LogP contribution in [-0.4, -0.2) is 29.8 Å². The molecule has 1 amide bonds. The molecule has 3 rings (SSSR count). The number of hydrogen-bond acceptors (Lipinski definition) is 3. The fourth-order valence-corrected chi connectivity index (χ4v) is 3.33. The van der Waals surface area contributed by atoms with E-state index in [0.29, 0.717) is 5.56 Å². The lowest BCUT2D eigenvalue weighted by atomic mass is 10.0. The van der Waals surface area contributed by atoms with Crippen LogP contribution in [0.5, 0.6) is 0 Å². The average Bonchev–Trinajstić information content (AvgIpc) is 2.86. The van der Waals surface area contributed by atoms with Gasteiger partial charge < -0.3 is 9.80 Å². The SMILES string of the molecule is CC(c1ccccc1)N1C(=O)c2ccc(CN(C)C)cc2C1C#N. The van der Waals surface area contributed by atoms with Gasteiger partial charge in [0.2, 0.25) is 0 Å². The topological polar surface area (TPSA) is 47.3 Å². The molecule has 0 spiro atoms.